The van der Waals surface area contributed by atoms with Crippen LogP contribution in [-0.4, -0.2) is 17.1 Å². The van der Waals surface area contributed by atoms with E-state index in [4.69, 9.17) is 9.47 Å². The molecule has 0 aliphatic rings. The smallest absolute Gasteiger partial charge is 0.325 e. The van der Waals surface area contributed by atoms with Gasteiger partial charge in [-0.25, -0.2) is 0 Å². The fourth-order valence-corrected chi connectivity index (χ4v) is 3.33. The lowest BCUT2D eigenvalue weighted by Crippen LogP contribution is -2.25. The van der Waals surface area contributed by atoms with Crippen molar-refractivity contribution in [1.82, 2.24) is 0 Å². The maximum Gasteiger partial charge on any atom is 0.325 e. The first-order valence-corrected chi connectivity index (χ1v) is 10.4. The number of rotatable bonds is 7. The van der Waals surface area contributed by atoms with Crippen molar-refractivity contribution < 1.29 is 19.4 Å². The molecular weight excluding hydrogens is 438 g/mol. The van der Waals surface area contributed by atoms with Gasteiger partial charge >= 0.3 is 5.97 Å². The van der Waals surface area contributed by atoms with Crippen LogP contribution in [0, 0.1) is 13.8 Å². The molecule has 0 unspecified atom stereocenters. The Balaban J connectivity index is 0.00000306. The molecule has 0 radical (unpaired) electrons. The van der Waals surface area contributed by atoms with Gasteiger partial charge in [-0.3, -0.25) is 4.79 Å². The van der Waals surface area contributed by atoms with E-state index in [1.165, 1.54) is 0 Å². The second-order valence-electron chi connectivity index (χ2n) is 7.86. The van der Waals surface area contributed by atoms with Gasteiger partial charge in [0.25, 0.3) is 0 Å². The number of hydrogen-bond donors (Lipinski definition) is 2. The normalized spacial score (nSPS) is 11.4. The van der Waals surface area contributed by atoms with Gasteiger partial charge in [-0.2, -0.15) is 0 Å². The number of aliphatic carboxylic acids is 1. The van der Waals surface area contributed by atoms with Crippen molar-refractivity contribution in [3.05, 3.63) is 90.0 Å². The van der Waals surface area contributed by atoms with Crippen LogP contribution in [0.2, 0.25) is 0 Å². The molecule has 1 atom stereocenters. The molecule has 0 spiro atoms. The monoisotopic (exact) mass is 463 g/mol. The highest BCUT2D eigenvalue weighted by molar-refractivity contribution is 5.97. The Hall–Kier alpha value is -3.70. The molecule has 0 heterocycles. The number of carboxylic acids is 1. The summed E-state index contributed by atoms with van der Waals surface area (Å²) < 4.78 is 12.4. The summed E-state index contributed by atoms with van der Waals surface area (Å²) in [5.41, 5.74) is 3.00. The summed E-state index contributed by atoms with van der Waals surface area (Å²) in [5, 5.41) is 14.1. The number of carbonyl (C=O) groups is 1. The lowest BCUT2D eigenvalue weighted by Gasteiger charge is -2.17. The van der Waals surface area contributed by atoms with E-state index in [0.29, 0.717) is 28.7 Å². The van der Waals surface area contributed by atoms with Crippen molar-refractivity contribution in [3.8, 4) is 23.0 Å². The zero-order valence-electron chi connectivity index (χ0n) is 18.7. The highest BCUT2D eigenvalue weighted by Gasteiger charge is 2.15. The van der Waals surface area contributed by atoms with Crippen LogP contribution in [-0.2, 0) is 4.79 Å². The third-order valence-corrected chi connectivity index (χ3v) is 5.18. The predicted molar refractivity (Wildman–Crippen MR) is 134 cm³/mol. The fraction of sp³-hybridized carbons (Fsp3) is 0.148. The molecule has 0 amide bonds. The Labute approximate surface area is 199 Å². The third-order valence-electron chi connectivity index (χ3n) is 5.18. The average Bonchev–Trinajstić information content (AvgIpc) is 2.77. The Morgan fingerprint density at radius 1 is 0.818 bits per heavy atom. The summed E-state index contributed by atoms with van der Waals surface area (Å²) in [5.74, 6) is 1.59. The van der Waals surface area contributed by atoms with Gasteiger partial charge in [0.1, 0.15) is 17.5 Å². The van der Waals surface area contributed by atoms with E-state index in [0.717, 1.165) is 21.9 Å². The Kier molecular flexibility index (Phi) is 7.46. The topological polar surface area (TPSA) is 67.8 Å². The maximum absolute atomic E-state index is 11.3. The molecule has 4 aromatic rings. The minimum absolute atomic E-state index is 0. The minimum atomic E-state index is -0.919. The molecule has 0 aromatic heterocycles. The fourth-order valence-electron chi connectivity index (χ4n) is 3.33. The van der Waals surface area contributed by atoms with Gasteiger partial charge < -0.3 is 19.9 Å². The summed E-state index contributed by atoms with van der Waals surface area (Å²) in [4.78, 5) is 11.3. The summed E-state index contributed by atoms with van der Waals surface area (Å²) >= 11 is 0. The van der Waals surface area contributed by atoms with E-state index in [1.54, 1.807) is 6.92 Å². The van der Waals surface area contributed by atoms with Gasteiger partial charge in [-0.1, -0.05) is 47.5 Å². The van der Waals surface area contributed by atoms with Crippen LogP contribution >= 0.6 is 12.4 Å². The van der Waals surface area contributed by atoms with Gasteiger partial charge in [-0.05, 0) is 68.6 Å². The van der Waals surface area contributed by atoms with Crippen LogP contribution in [0.4, 0.5) is 5.69 Å². The highest BCUT2D eigenvalue weighted by atomic mass is 35.5. The number of nitrogens with one attached hydrogen (secondary N) is 1. The Morgan fingerprint density at radius 2 is 1.33 bits per heavy atom. The molecule has 4 aromatic carbocycles. The number of halogens is 1. The lowest BCUT2D eigenvalue weighted by molar-refractivity contribution is -0.137. The van der Waals surface area contributed by atoms with Gasteiger partial charge in [0.05, 0.1) is 0 Å². The molecule has 170 valence electrons. The van der Waals surface area contributed by atoms with Crippen molar-refractivity contribution in [2.45, 2.75) is 26.8 Å². The zero-order chi connectivity index (χ0) is 22.7. The van der Waals surface area contributed by atoms with Crippen molar-refractivity contribution in [1.29, 1.82) is 0 Å². The van der Waals surface area contributed by atoms with Gasteiger partial charge in [0.15, 0.2) is 11.5 Å². The van der Waals surface area contributed by atoms with Crippen LogP contribution in [0.25, 0.3) is 10.8 Å². The largest absolute Gasteiger partial charge is 0.480 e. The molecule has 0 aliphatic carbocycles. The van der Waals surface area contributed by atoms with Crippen LogP contribution in [0.5, 0.6) is 23.0 Å². The van der Waals surface area contributed by atoms with Crippen LogP contribution in [0.15, 0.2) is 78.9 Å². The second-order valence-corrected chi connectivity index (χ2v) is 7.86. The summed E-state index contributed by atoms with van der Waals surface area (Å²) in [6, 6.07) is 24.4. The van der Waals surface area contributed by atoms with Crippen molar-refractivity contribution in [2.75, 3.05) is 5.32 Å². The van der Waals surface area contributed by atoms with Crippen LogP contribution in [0.3, 0.4) is 0 Å². The molecule has 0 saturated carbocycles. The van der Waals surface area contributed by atoms with Gasteiger partial charge in [-0.15, -0.1) is 12.4 Å². The summed E-state index contributed by atoms with van der Waals surface area (Å²) in [6.45, 7) is 5.66. The van der Waals surface area contributed by atoms with Gasteiger partial charge in [0.2, 0.25) is 0 Å². The molecule has 2 N–H and O–H groups in total. The molecular formula is C27H26ClNO4. The number of hydrogen-bond acceptors (Lipinski definition) is 4. The molecule has 0 fully saturated rings. The number of ether oxygens (including phenoxy) is 2. The lowest BCUT2D eigenvalue weighted by atomic mass is 10.1. The second kappa shape index (κ2) is 10.3. The first kappa shape index (κ1) is 24.0. The quantitative estimate of drug-likeness (QED) is 0.300. The standard InChI is InChI=1S/C27H25NO4.ClH/c1-17-7-11-21(12-8-17)31-25-15-20-5-4-6-24(28-19(3)27(29)30)23(20)16-26(25)32-22-13-9-18(2)10-14-22;/h4-16,19,28H,1-3H3,(H,29,30);1H/t19-;/m0./s1. The summed E-state index contributed by atoms with van der Waals surface area (Å²) in [6.07, 6.45) is 0. The molecule has 4 rings (SSSR count). The number of aryl methyl sites for hydroxylation is 2. The molecule has 0 saturated heterocycles. The number of anilines is 1. The Morgan fingerprint density at radius 3 is 1.85 bits per heavy atom. The van der Waals surface area contributed by atoms with E-state index in [9.17, 15) is 9.90 Å². The van der Waals surface area contributed by atoms with Gasteiger partial charge in [0, 0.05) is 11.1 Å². The number of fused-ring (bicyclic) bond motifs is 1. The first-order chi connectivity index (χ1) is 15.4. The highest BCUT2D eigenvalue weighted by Crippen LogP contribution is 2.40. The average molecular weight is 464 g/mol. The number of carboxylic acid groups (broad SMARTS) is 1. The van der Waals surface area contributed by atoms with E-state index in [-0.39, 0.29) is 12.4 Å². The van der Waals surface area contributed by atoms with Crippen molar-refractivity contribution in [3.63, 3.8) is 0 Å². The SMILES string of the molecule is Cc1ccc(Oc2cc3cccc(N[C@@H](C)C(=O)O)c3cc2Oc2ccc(C)cc2)cc1.Cl. The number of benzene rings is 4. The maximum atomic E-state index is 11.3. The van der Waals surface area contributed by atoms with E-state index in [2.05, 4.69) is 5.32 Å². The van der Waals surface area contributed by atoms with Crippen molar-refractivity contribution in [2.24, 2.45) is 0 Å². The molecule has 33 heavy (non-hydrogen) atoms. The van der Waals surface area contributed by atoms with Crippen molar-refractivity contribution >= 4 is 34.8 Å². The van der Waals surface area contributed by atoms with E-state index >= 15 is 0 Å². The Bertz CT molecular complexity index is 1250. The predicted octanol–water partition coefficient (Wildman–Crippen LogP) is 7.35. The molecule has 5 nitrogen and oxygen atoms in total. The molecule has 0 aliphatic heterocycles. The third kappa shape index (κ3) is 5.76. The summed E-state index contributed by atoms with van der Waals surface area (Å²) in [7, 11) is 0. The van der Waals surface area contributed by atoms with Crippen LogP contribution < -0.4 is 14.8 Å². The van der Waals surface area contributed by atoms with Crippen LogP contribution in [0.1, 0.15) is 18.1 Å². The first-order valence-electron chi connectivity index (χ1n) is 10.4. The van der Waals surface area contributed by atoms with E-state index in [1.807, 2.05) is 92.7 Å². The molecule has 6 heteroatoms. The molecule has 0 bridgehead atoms. The van der Waals surface area contributed by atoms with E-state index < -0.39 is 12.0 Å². The minimum Gasteiger partial charge on any atom is -0.480 e. The zero-order valence-corrected chi connectivity index (χ0v) is 19.5.